The average Bonchev–Trinajstić information content (AvgIpc) is 2.70. The van der Waals surface area contributed by atoms with Crippen LogP contribution in [0.25, 0.3) is 0 Å². The molecule has 0 aromatic carbocycles. The normalized spacial score (nSPS) is 11.3. The second-order valence-electron chi connectivity index (χ2n) is 4.33. The van der Waals surface area contributed by atoms with Gasteiger partial charge in [0.2, 0.25) is 0 Å². The first-order valence-electron chi connectivity index (χ1n) is 5.28. The minimum absolute atomic E-state index is 0.198. The summed E-state index contributed by atoms with van der Waals surface area (Å²) in [6, 6.07) is 6.55. The summed E-state index contributed by atoms with van der Waals surface area (Å²) in [4.78, 5) is 1.42. The van der Waals surface area contributed by atoms with E-state index in [9.17, 15) is 0 Å². The summed E-state index contributed by atoms with van der Waals surface area (Å²) in [6.45, 7) is 5.88. The monoisotopic (exact) mass is 222 g/mol. The average molecular weight is 222 g/mol. The Labute approximate surface area is 95.9 Å². The van der Waals surface area contributed by atoms with Crippen molar-refractivity contribution in [2.45, 2.75) is 26.7 Å². The SMILES string of the molecule is CC(C)(C#N)CCNCCc1cccs1. The van der Waals surface area contributed by atoms with Crippen molar-refractivity contribution < 1.29 is 0 Å². The summed E-state index contributed by atoms with van der Waals surface area (Å²) in [7, 11) is 0. The van der Waals surface area contributed by atoms with Gasteiger partial charge in [-0.15, -0.1) is 11.3 Å². The summed E-state index contributed by atoms with van der Waals surface area (Å²) in [5.74, 6) is 0. The van der Waals surface area contributed by atoms with E-state index in [1.54, 1.807) is 11.3 Å². The predicted octanol–water partition coefficient (Wildman–Crippen LogP) is 2.82. The summed E-state index contributed by atoms with van der Waals surface area (Å²) in [5.41, 5.74) is -0.198. The van der Waals surface area contributed by atoms with Crippen molar-refractivity contribution in [3.8, 4) is 6.07 Å². The van der Waals surface area contributed by atoms with E-state index in [4.69, 9.17) is 5.26 Å². The van der Waals surface area contributed by atoms with Crippen LogP contribution in [0.3, 0.4) is 0 Å². The van der Waals surface area contributed by atoms with Gasteiger partial charge in [-0.3, -0.25) is 0 Å². The van der Waals surface area contributed by atoms with Crippen molar-refractivity contribution in [2.24, 2.45) is 5.41 Å². The van der Waals surface area contributed by atoms with Gasteiger partial charge in [0.25, 0.3) is 0 Å². The van der Waals surface area contributed by atoms with E-state index in [2.05, 4.69) is 28.9 Å². The van der Waals surface area contributed by atoms with Gasteiger partial charge < -0.3 is 5.32 Å². The maximum Gasteiger partial charge on any atom is 0.0684 e. The Morgan fingerprint density at radius 3 is 2.87 bits per heavy atom. The van der Waals surface area contributed by atoms with Crippen LogP contribution in [-0.2, 0) is 6.42 Å². The molecule has 82 valence electrons. The Hall–Kier alpha value is -0.850. The van der Waals surface area contributed by atoms with Crippen molar-refractivity contribution >= 4 is 11.3 Å². The van der Waals surface area contributed by atoms with Crippen LogP contribution in [0.4, 0.5) is 0 Å². The number of nitriles is 1. The van der Waals surface area contributed by atoms with Crippen molar-refractivity contribution in [1.29, 1.82) is 5.26 Å². The van der Waals surface area contributed by atoms with Gasteiger partial charge in [0.05, 0.1) is 11.5 Å². The lowest BCUT2D eigenvalue weighted by atomic mass is 9.91. The standard InChI is InChI=1S/C12H18N2S/c1-12(2,10-13)6-8-14-7-5-11-4-3-9-15-11/h3-4,9,14H,5-8H2,1-2H3. The summed E-state index contributed by atoms with van der Waals surface area (Å²) >= 11 is 1.80. The lowest BCUT2D eigenvalue weighted by Gasteiger charge is -2.14. The predicted molar refractivity (Wildman–Crippen MR) is 64.9 cm³/mol. The van der Waals surface area contributed by atoms with Crippen LogP contribution < -0.4 is 5.32 Å². The first-order chi connectivity index (χ1) is 7.14. The highest BCUT2D eigenvalue weighted by atomic mass is 32.1. The van der Waals surface area contributed by atoms with Gasteiger partial charge in [-0.05, 0) is 51.2 Å². The first-order valence-corrected chi connectivity index (χ1v) is 6.16. The summed E-state index contributed by atoms with van der Waals surface area (Å²) in [5, 5.41) is 14.3. The third-order valence-electron chi connectivity index (χ3n) is 2.36. The van der Waals surface area contributed by atoms with Crippen molar-refractivity contribution in [3.63, 3.8) is 0 Å². The Bertz CT molecular complexity index is 309. The second-order valence-corrected chi connectivity index (χ2v) is 5.36. The first kappa shape index (κ1) is 12.2. The van der Waals surface area contributed by atoms with E-state index in [0.717, 1.165) is 25.9 Å². The highest BCUT2D eigenvalue weighted by molar-refractivity contribution is 7.09. The number of thiophene rings is 1. The molecule has 0 bridgehead atoms. The fraction of sp³-hybridized carbons (Fsp3) is 0.583. The van der Waals surface area contributed by atoms with Crippen LogP contribution in [0.15, 0.2) is 17.5 Å². The van der Waals surface area contributed by atoms with Crippen LogP contribution >= 0.6 is 11.3 Å². The third kappa shape index (κ3) is 4.96. The van der Waals surface area contributed by atoms with E-state index in [-0.39, 0.29) is 5.41 Å². The molecule has 2 nitrogen and oxygen atoms in total. The van der Waals surface area contributed by atoms with Gasteiger partial charge in [-0.2, -0.15) is 5.26 Å². The van der Waals surface area contributed by atoms with Crippen LogP contribution in [0.2, 0.25) is 0 Å². The molecule has 0 aliphatic rings. The number of rotatable bonds is 6. The molecule has 1 N–H and O–H groups in total. The Balaban J connectivity index is 2.06. The van der Waals surface area contributed by atoms with Gasteiger partial charge >= 0.3 is 0 Å². The molecule has 1 rings (SSSR count). The van der Waals surface area contributed by atoms with Gasteiger partial charge in [-0.25, -0.2) is 0 Å². The zero-order valence-corrected chi connectivity index (χ0v) is 10.2. The van der Waals surface area contributed by atoms with Crippen molar-refractivity contribution in [3.05, 3.63) is 22.4 Å². The van der Waals surface area contributed by atoms with Gasteiger partial charge in [0.15, 0.2) is 0 Å². The minimum atomic E-state index is -0.198. The number of nitrogens with zero attached hydrogens (tertiary/aromatic N) is 1. The third-order valence-corrected chi connectivity index (χ3v) is 3.29. The van der Waals surface area contributed by atoms with Crippen LogP contribution in [-0.4, -0.2) is 13.1 Å². The molecule has 15 heavy (non-hydrogen) atoms. The highest BCUT2D eigenvalue weighted by Crippen LogP contribution is 2.17. The maximum atomic E-state index is 8.82. The largest absolute Gasteiger partial charge is 0.316 e. The smallest absolute Gasteiger partial charge is 0.0684 e. The van der Waals surface area contributed by atoms with E-state index in [1.165, 1.54) is 4.88 Å². The maximum absolute atomic E-state index is 8.82. The topological polar surface area (TPSA) is 35.8 Å². The lowest BCUT2D eigenvalue weighted by Crippen LogP contribution is -2.23. The number of hydrogen-bond donors (Lipinski definition) is 1. The molecule has 3 heteroatoms. The fourth-order valence-corrected chi connectivity index (χ4v) is 1.96. The van der Waals surface area contributed by atoms with Crippen molar-refractivity contribution in [1.82, 2.24) is 5.32 Å². The molecular formula is C12H18N2S. The molecule has 0 unspecified atom stereocenters. The van der Waals surface area contributed by atoms with Crippen LogP contribution in [0.5, 0.6) is 0 Å². The molecule has 0 aliphatic carbocycles. The summed E-state index contributed by atoms with van der Waals surface area (Å²) in [6.07, 6.45) is 2.00. The molecule has 0 radical (unpaired) electrons. The molecule has 0 aliphatic heterocycles. The number of hydrogen-bond acceptors (Lipinski definition) is 3. The van der Waals surface area contributed by atoms with E-state index in [1.807, 2.05) is 13.8 Å². The van der Waals surface area contributed by atoms with E-state index in [0.29, 0.717) is 0 Å². The fourth-order valence-electron chi connectivity index (χ4n) is 1.25. The quantitative estimate of drug-likeness (QED) is 0.751. The minimum Gasteiger partial charge on any atom is -0.316 e. The van der Waals surface area contributed by atoms with Crippen molar-refractivity contribution in [2.75, 3.05) is 13.1 Å². The van der Waals surface area contributed by atoms with Gasteiger partial charge in [0, 0.05) is 4.88 Å². The second kappa shape index (κ2) is 5.89. The van der Waals surface area contributed by atoms with Crippen LogP contribution in [0.1, 0.15) is 25.1 Å². The highest BCUT2D eigenvalue weighted by Gasteiger charge is 2.15. The molecule has 0 atom stereocenters. The van der Waals surface area contributed by atoms with E-state index < -0.39 is 0 Å². The molecule has 0 fully saturated rings. The molecule has 1 heterocycles. The molecule has 1 aromatic rings. The summed E-state index contributed by atoms with van der Waals surface area (Å²) < 4.78 is 0. The molecular weight excluding hydrogens is 204 g/mol. The van der Waals surface area contributed by atoms with Gasteiger partial charge in [-0.1, -0.05) is 6.07 Å². The molecule has 0 saturated carbocycles. The Morgan fingerprint density at radius 1 is 1.47 bits per heavy atom. The zero-order valence-electron chi connectivity index (χ0n) is 9.42. The Kier molecular flexibility index (Phi) is 4.80. The Morgan fingerprint density at radius 2 is 2.27 bits per heavy atom. The molecule has 0 saturated heterocycles. The van der Waals surface area contributed by atoms with E-state index >= 15 is 0 Å². The number of nitrogens with one attached hydrogen (secondary N) is 1. The van der Waals surface area contributed by atoms with Gasteiger partial charge in [0.1, 0.15) is 0 Å². The molecule has 1 aromatic heterocycles. The molecule has 0 spiro atoms. The van der Waals surface area contributed by atoms with Crippen LogP contribution in [0, 0.1) is 16.7 Å². The molecule has 0 amide bonds. The lowest BCUT2D eigenvalue weighted by molar-refractivity contribution is 0.434. The zero-order chi connectivity index (χ0) is 11.1.